The summed E-state index contributed by atoms with van der Waals surface area (Å²) in [7, 11) is 0. The van der Waals surface area contributed by atoms with Crippen LogP contribution in [-0.4, -0.2) is 19.9 Å². The number of pyridine rings is 4. The molecule has 4 heteroatoms. The van der Waals surface area contributed by atoms with Crippen molar-refractivity contribution in [1.29, 1.82) is 0 Å². The molecule has 0 radical (unpaired) electrons. The van der Waals surface area contributed by atoms with Gasteiger partial charge in [0.2, 0.25) is 0 Å². The Morgan fingerprint density at radius 3 is 1.02 bits per heavy atom. The summed E-state index contributed by atoms with van der Waals surface area (Å²) in [5.74, 6) is 0. The van der Waals surface area contributed by atoms with Gasteiger partial charge in [0.25, 0.3) is 0 Å². The molecular formula is C54H34N4. The molecule has 0 fully saturated rings. The topological polar surface area (TPSA) is 51.6 Å². The maximum absolute atomic E-state index is 5.42. The standard InChI is InChI=1S/C54H34N4/c1-3-11-37(12-4-1)51-31-47(35-19-23-39(24-20-35)49-29-41-15-7-9-17-43(41)33-55-49)45-27-28-46-48(32-52(38-13-5-2-6-14-38)58-54(46)53(45)57-51)36-21-25-40(26-22-36)50-30-42-16-8-10-18-44(42)34-56-50/h1-34H. The van der Waals surface area contributed by atoms with Gasteiger partial charge in [-0.3, -0.25) is 9.97 Å². The van der Waals surface area contributed by atoms with Crippen molar-refractivity contribution in [3.05, 3.63) is 207 Å². The van der Waals surface area contributed by atoms with Crippen molar-refractivity contribution in [2.45, 2.75) is 0 Å². The lowest BCUT2D eigenvalue weighted by molar-refractivity contribution is 1.35. The molecule has 0 aliphatic rings. The first-order valence-corrected chi connectivity index (χ1v) is 19.5. The van der Waals surface area contributed by atoms with E-state index in [1.165, 1.54) is 10.8 Å². The average molecular weight is 739 g/mol. The van der Waals surface area contributed by atoms with E-state index in [1.54, 1.807) is 0 Å². The molecule has 0 unspecified atom stereocenters. The van der Waals surface area contributed by atoms with Crippen LogP contribution in [0.5, 0.6) is 0 Å². The maximum atomic E-state index is 5.42. The van der Waals surface area contributed by atoms with Gasteiger partial charge < -0.3 is 0 Å². The minimum atomic E-state index is 0.866. The Hall–Kier alpha value is -7.82. The summed E-state index contributed by atoms with van der Waals surface area (Å²) in [5, 5.41) is 6.71. The van der Waals surface area contributed by atoms with Crippen molar-refractivity contribution in [3.63, 3.8) is 0 Å². The summed E-state index contributed by atoms with van der Waals surface area (Å²) >= 11 is 0. The molecule has 0 aliphatic carbocycles. The zero-order chi connectivity index (χ0) is 38.4. The monoisotopic (exact) mass is 738 g/mol. The molecule has 7 aromatic carbocycles. The molecular weight excluding hydrogens is 705 g/mol. The molecule has 58 heavy (non-hydrogen) atoms. The van der Waals surface area contributed by atoms with Crippen LogP contribution in [0, 0.1) is 0 Å². The van der Waals surface area contributed by atoms with Crippen LogP contribution in [0.4, 0.5) is 0 Å². The van der Waals surface area contributed by atoms with Gasteiger partial charge >= 0.3 is 0 Å². The molecule has 0 bridgehead atoms. The number of benzene rings is 7. The summed E-state index contributed by atoms with van der Waals surface area (Å²) in [6, 6.07) is 68.2. The quantitative estimate of drug-likeness (QED) is 0.159. The van der Waals surface area contributed by atoms with Crippen molar-refractivity contribution in [3.8, 4) is 67.3 Å². The predicted molar refractivity (Wildman–Crippen MR) is 240 cm³/mol. The van der Waals surface area contributed by atoms with Crippen molar-refractivity contribution in [2.75, 3.05) is 0 Å². The van der Waals surface area contributed by atoms with Crippen molar-refractivity contribution >= 4 is 43.4 Å². The van der Waals surface area contributed by atoms with Gasteiger partial charge in [-0.15, -0.1) is 0 Å². The van der Waals surface area contributed by atoms with E-state index >= 15 is 0 Å². The Labute approximate surface area is 335 Å². The fraction of sp³-hybridized carbons (Fsp3) is 0. The Morgan fingerprint density at radius 1 is 0.259 bits per heavy atom. The smallest absolute Gasteiger partial charge is 0.0978 e. The lowest BCUT2D eigenvalue weighted by Crippen LogP contribution is -1.96. The van der Waals surface area contributed by atoms with Gasteiger partial charge in [0, 0.05) is 56.2 Å². The van der Waals surface area contributed by atoms with Crippen molar-refractivity contribution in [1.82, 2.24) is 19.9 Å². The summed E-state index contributed by atoms with van der Waals surface area (Å²) in [6.07, 6.45) is 3.90. The van der Waals surface area contributed by atoms with Gasteiger partial charge in [-0.25, -0.2) is 9.97 Å². The van der Waals surface area contributed by atoms with E-state index in [0.717, 1.165) is 99.9 Å². The van der Waals surface area contributed by atoms with E-state index in [-0.39, 0.29) is 0 Å². The van der Waals surface area contributed by atoms with Crippen LogP contribution >= 0.6 is 0 Å². The van der Waals surface area contributed by atoms with Crippen LogP contribution in [0.25, 0.3) is 111 Å². The van der Waals surface area contributed by atoms with Gasteiger partial charge in [-0.1, -0.05) is 170 Å². The Bertz CT molecular complexity index is 3080. The third-order valence-corrected chi connectivity index (χ3v) is 11.1. The number of nitrogens with zero attached hydrogens (tertiary/aromatic N) is 4. The fourth-order valence-electron chi connectivity index (χ4n) is 8.09. The molecule has 270 valence electrons. The Morgan fingerprint density at radius 2 is 0.603 bits per heavy atom. The first-order chi connectivity index (χ1) is 28.7. The minimum Gasteiger partial charge on any atom is -0.256 e. The molecule has 0 N–H and O–H groups in total. The number of hydrogen-bond acceptors (Lipinski definition) is 4. The molecule has 4 heterocycles. The lowest BCUT2D eigenvalue weighted by Gasteiger charge is -2.16. The SMILES string of the molecule is c1ccc(-c2cc(-c3ccc(-c4cc5ccccc5cn4)cc3)c3ccc4c(-c5ccc(-c6cc7ccccc7cn6)cc5)cc(-c5ccccc5)nc4c3n2)cc1. The predicted octanol–water partition coefficient (Wildman–Crippen LogP) is 13.9. The highest BCUT2D eigenvalue weighted by Gasteiger charge is 2.18. The summed E-state index contributed by atoms with van der Waals surface area (Å²) in [5.41, 5.74) is 14.1. The Balaban J connectivity index is 1.09. The van der Waals surface area contributed by atoms with E-state index in [4.69, 9.17) is 19.9 Å². The van der Waals surface area contributed by atoms with Crippen molar-refractivity contribution < 1.29 is 0 Å². The second kappa shape index (κ2) is 14.0. The van der Waals surface area contributed by atoms with E-state index in [1.807, 2.05) is 36.7 Å². The molecule has 0 saturated carbocycles. The second-order valence-electron chi connectivity index (χ2n) is 14.7. The lowest BCUT2D eigenvalue weighted by atomic mass is 9.93. The van der Waals surface area contributed by atoms with E-state index < -0.39 is 0 Å². The summed E-state index contributed by atoms with van der Waals surface area (Å²) in [4.78, 5) is 20.4. The fourth-order valence-corrected chi connectivity index (χ4v) is 8.09. The highest BCUT2D eigenvalue weighted by molar-refractivity contribution is 6.13. The maximum Gasteiger partial charge on any atom is 0.0978 e. The third-order valence-electron chi connectivity index (χ3n) is 11.1. The van der Waals surface area contributed by atoms with Crippen LogP contribution in [0.1, 0.15) is 0 Å². The van der Waals surface area contributed by atoms with Crippen LogP contribution < -0.4 is 0 Å². The zero-order valence-corrected chi connectivity index (χ0v) is 31.4. The van der Waals surface area contributed by atoms with Gasteiger partial charge in [0.15, 0.2) is 0 Å². The van der Waals surface area contributed by atoms with Crippen molar-refractivity contribution in [2.24, 2.45) is 0 Å². The summed E-state index contributed by atoms with van der Waals surface area (Å²) in [6.45, 7) is 0. The Kier molecular flexibility index (Phi) is 8.11. The molecule has 4 nitrogen and oxygen atoms in total. The molecule has 0 amide bonds. The number of fused-ring (bicyclic) bond motifs is 5. The number of rotatable bonds is 6. The van der Waals surface area contributed by atoms with E-state index in [0.29, 0.717) is 0 Å². The molecule has 0 spiro atoms. The van der Waals surface area contributed by atoms with Crippen LogP contribution in [-0.2, 0) is 0 Å². The molecule has 0 aliphatic heterocycles. The second-order valence-corrected chi connectivity index (χ2v) is 14.7. The third kappa shape index (κ3) is 6.05. The average Bonchev–Trinajstić information content (AvgIpc) is 3.31. The van der Waals surface area contributed by atoms with E-state index in [9.17, 15) is 0 Å². The summed E-state index contributed by atoms with van der Waals surface area (Å²) < 4.78 is 0. The number of aromatic nitrogens is 4. The van der Waals surface area contributed by atoms with Gasteiger partial charge in [-0.2, -0.15) is 0 Å². The molecule has 11 aromatic rings. The minimum absolute atomic E-state index is 0.866. The van der Waals surface area contributed by atoms with Gasteiger partial charge in [0.1, 0.15) is 0 Å². The molecule has 0 atom stereocenters. The molecule has 0 saturated heterocycles. The highest BCUT2D eigenvalue weighted by Crippen LogP contribution is 2.40. The van der Waals surface area contributed by atoms with Crippen LogP contribution in [0.15, 0.2) is 207 Å². The first-order valence-electron chi connectivity index (χ1n) is 19.5. The zero-order valence-electron chi connectivity index (χ0n) is 31.4. The number of hydrogen-bond donors (Lipinski definition) is 0. The first kappa shape index (κ1) is 33.5. The van der Waals surface area contributed by atoms with Gasteiger partial charge in [-0.05, 0) is 57.3 Å². The molecule has 4 aromatic heterocycles. The van der Waals surface area contributed by atoms with Crippen LogP contribution in [0.2, 0.25) is 0 Å². The molecule has 11 rings (SSSR count). The largest absolute Gasteiger partial charge is 0.256 e. The van der Waals surface area contributed by atoms with Gasteiger partial charge in [0.05, 0.1) is 33.8 Å². The normalized spacial score (nSPS) is 11.4. The van der Waals surface area contributed by atoms with E-state index in [2.05, 4.69) is 170 Å². The van der Waals surface area contributed by atoms with Crippen LogP contribution in [0.3, 0.4) is 0 Å². The highest BCUT2D eigenvalue weighted by atomic mass is 14.8.